The van der Waals surface area contributed by atoms with Gasteiger partial charge in [-0.25, -0.2) is 0 Å². The topological polar surface area (TPSA) is 11.4 Å². The largest absolute Gasteiger partial charge is 0.334 e. The molecule has 0 fully saturated rings. The standard InChI is InChI=1S/C21H33N3/c1-5-12-23(13-6-2)18-9-7-17-8-10-21-19(20(17)15-18)11-14-24(21)16-22(3)4/h8,10-11,14,18H,5-7,9,12-13,15-16H2,1-4H3. The van der Waals surface area contributed by atoms with E-state index in [1.54, 1.807) is 11.1 Å². The van der Waals surface area contributed by atoms with Crippen molar-refractivity contribution in [2.24, 2.45) is 0 Å². The monoisotopic (exact) mass is 327 g/mol. The van der Waals surface area contributed by atoms with Crippen molar-refractivity contribution in [3.63, 3.8) is 0 Å². The van der Waals surface area contributed by atoms with Crippen molar-refractivity contribution in [1.82, 2.24) is 14.4 Å². The van der Waals surface area contributed by atoms with Crippen LogP contribution in [0.2, 0.25) is 0 Å². The molecule has 132 valence electrons. The number of nitrogens with zero attached hydrogens (tertiary/aromatic N) is 3. The highest BCUT2D eigenvalue weighted by molar-refractivity contribution is 5.85. The van der Waals surface area contributed by atoms with Crippen LogP contribution in [0.3, 0.4) is 0 Å². The molecule has 1 aliphatic rings. The first-order valence-electron chi connectivity index (χ1n) is 9.62. The molecule has 3 heteroatoms. The Balaban J connectivity index is 1.90. The van der Waals surface area contributed by atoms with Crippen LogP contribution in [0.1, 0.15) is 44.2 Å². The van der Waals surface area contributed by atoms with Gasteiger partial charge in [0.15, 0.2) is 0 Å². The van der Waals surface area contributed by atoms with E-state index in [4.69, 9.17) is 0 Å². The molecule has 24 heavy (non-hydrogen) atoms. The summed E-state index contributed by atoms with van der Waals surface area (Å²) < 4.78 is 2.37. The van der Waals surface area contributed by atoms with E-state index in [1.165, 1.54) is 56.1 Å². The van der Waals surface area contributed by atoms with E-state index >= 15 is 0 Å². The van der Waals surface area contributed by atoms with Gasteiger partial charge < -0.3 is 9.47 Å². The van der Waals surface area contributed by atoms with Gasteiger partial charge in [0.2, 0.25) is 0 Å². The lowest BCUT2D eigenvalue weighted by Crippen LogP contribution is -2.40. The number of aromatic nitrogens is 1. The molecule has 0 amide bonds. The maximum atomic E-state index is 2.73. The van der Waals surface area contributed by atoms with E-state index in [1.807, 2.05) is 0 Å². The fourth-order valence-electron chi connectivity index (χ4n) is 4.30. The highest BCUT2D eigenvalue weighted by Crippen LogP contribution is 2.32. The van der Waals surface area contributed by atoms with Gasteiger partial charge in [0, 0.05) is 23.1 Å². The molecule has 3 rings (SSSR count). The third kappa shape index (κ3) is 3.52. The van der Waals surface area contributed by atoms with E-state index in [-0.39, 0.29) is 0 Å². The summed E-state index contributed by atoms with van der Waals surface area (Å²) in [7, 11) is 4.27. The molecule has 1 aliphatic carbocycles. The number of fused-ring (bicyclic) bond motifs is 3. The van der Waals surface area contributed by atoms with Gasteiger partial charge in [0.05, 0.1) is 6.67 Å². The lowest BCUT2D eigenvalue weighted by atomic mass is 9.85. The van der Waals surface area contributed by atoms with Gasteiger partial charge in [-0.1, -0.05) is 19.9 Å². The van der Waals surface area contributed by atoms with Gasteiger partial charge in [-0.15, -0.1) is 0 Å². The predicted octanol–water partition coefficient (Wildman–Crippen LogP) is 4.14. The normalized spacial score (nSPS) is 17.8. The highest BCUT2D eigenvalue weighted by atomic mass is 15.2. The minimum Gasteiger partial charge on any atom is -0.334 e. The molecule has 1 atom stereocenters. The van der Waals surface area contributed by atoms with Crippen molar-refractivity contribution in [2.75, 3.05) is 27.2 Å². The van der Waals surface area contributed by atoms with Crippen LogP contribution < -0.4 is 0 Å². The predicted molar refractivity (Wildman–Crippen MR) is 104 cm³/mol. The zero-order valence-electron chi connectivity index (χ0n) is 15.9. The first-order chi connectivity index (χ1) is 11.6. The molecular formula is C21H33N3. The molecule has 0 radical (unpaired) electrons. The third-order valence-corrected chi connectivity index (χ3v) is 5.32. The highest BCUT2D eigenvalue weighted by Gasteiger charge is 2.25. The molecule has 0 saturated carbocycles. The second kappa shape index (κ2) is 7.71. The van der Waals surface area contributed by atoms with Crippen molar-refractivity contribution in [3.8, 4) is 0 Å². The Bertz CT molecular complexity index is 665. The van der Waals surface area contributed by atoms with Crippen molar-refractivity contribution >= 4 is 10.9 Å². The van der Waals surface area contributed by atoms with Crippen LogP contribution in [-0.4, -0.2) is 47.6 Å². The van der Waals surface area contributed by atoms with Gasteiger partial charge in [-0.3, -0.25) is 4.90 Å². The lowest BCUT2D eigenvalue weighted by molar-refractivity contribution is 0.180. The van der Waals surface area contributed by atoms with Crippen molar-refractivity contribution in [2.45, 2.75) is 58.7 Å². The molecule has 2 aromatic rings. The second-order valence-corrected chi connectivity index (χ2v) is 7.58. The van der Waals surface area contributed by atoms with Crippen LogP contribution >= 0.6 is 0 Å². The Kier molecular flexibility index (Phi) is 5.62. The fourth-order valence-corrected chi connectivity index (χ4v) is 4.30. The number of aryl methyl sites for hydroxylation is 1. The van der Waals surface area contributed by atoms with Crippen molar-refractivity contribution in [1.29, 1.82) is 0 Å². The Morgan fingerprint density at radius 3 is 2.50 bits per heavy atom. The smallest absolute Gasteiger partial charge is 0.0746 e. The summed E-state index contributed by atoms with van der Waals surface area (Å²) in [5.41, 5.74) is 4.58. The maximum absolute atomic E-state index is 2.73. The number of hydrogen-bond acceptors (Lipinski definition) is 2. The second-order valence-electron chi connectivity index (χ2n) is 7.58. The quantitative estimate of drug-likeness (QED) is 0.757. The Morgan fingerprint density at radius 2 is 1.83 bits per heavy atom. The van der Waals surface area contributed by atoms with E-state index in [9.17, 15) is 0 Å². The summed E-state index contributed by atoms with van der Waals surface area (Å²) in [6.45, 7) is 8.04. The molecule has 1 unspecified atom stereocenters. The maximum Gasteiger partial charge on any atom is 0.0746 e. The SMILES string of the molecule is CCCN(CCC)C1CCc2ccc3c(ccn3CN(C)C)c2C1. The van der Waals surface area contributed by atoms with E-state index in [0.29, 0.717) is 0 Å². The third-order valence-electron chi connectivity index (χ3n) is 5.32. The summed E-state index contributed by atoms with van der Waals surface area (Å²) >= 11 is 0. The van der Waals surface area contributed by atoms with Crippen LogP contribution in [0, 0.1) is 0 Å². The molecular weight excluding hydrogens is 294 g/mol. The van der Waals surface area contributed by atoms with Crippen molar-refractivity contribution in [3.05, 3.63) is 35.5 Å². The van der Waals surface area contributed by atoms with E-state index in [0.717, 1.165) is 12.7 Å². The van der Waals surface area contributed by atoms with Crippen LogP contribution in [-0.2, 0) is 19.5 Å². The van der Waals surface area contributed by atoms with E-state index < -0.39 is 0 Å². The van der Waals surface area contributed by atoms with Gasteiger partial charge in [0.25, 0.3) is 0 Å². The first-order valence-corrected chi connectivity index (χ1v) is 9.62. The molecule has 0 N–H and O–H groups in total. The average molecular weight is 328 g/mol. The number of hydrogen-bond donors (Lipinski definition) is 0. The molecule has 0 saturated heterocycles. The zero-order chi connectivity index (χ0) is 17.1. The van der Waals surface area contributed by atoms with E-state index in [2.05, 4.69) is 66.7 Å². The fraction of sp³-hybridized carbons (Fsp3) is 0.619. The summed E-state index contributed by atoms with van der Waals surface area (Å²) in [6.07, 6.45) is 8.54. The molecule has 1 heterocycles. The molecule has 1 aromatic heterocycles. The summed E-state index contributed by atoms with van der Waals surface area (Å²) in [6, 6.07) is 7.77. The lowest BCUT2D eigenvalue weighted by Gasteiger charge is -2.35. The Morgan fingerprint density at radius 1 is 1.08 bits per heavy atom. The number of rotatable bonds is 7. The van der Waals surface area contributed by atoms with Crippen LogP contribution in [0.15, 0.2) is 24.4 Å². The minimum atomic E-state index is 0.722. The molecule has 0 bridgehead atoms. The van der Waals surface area contributed by atoms with Crippen LogP contribution in [0.4, 0.5) is 0 Å². The summed E-state index contributed by atoms with van der Waals surface area (Å²) in [5, 5.41) is 1.48. The average Bonchev–Trinajstić information content (AvgIpc) is 2.97. The molecule has 0 aliphatic heterocycles. The van der Waals surface area contributed by atoms with Crippen LogP contribution in [0.25, 0.3) is 10.9 Å². The van der Waals surface area contributed by atoms with Gasteiger partial charge in [-0.2, -0.15) is 0 Å². The zero-order valence-corrected chi connectivity index (χ0v) is 15.9. The Labute approximate surface area is 147 Å². The minimum absolute atomic E-state index is 0.722. The van der Waals surface area contributed by atoms with Gasteiger partial charge >= 0.3 is 0 Å². The molecule has 1 aromatic carbocycles. The Hall–Kier alpha value is -1.32. The summed E-state index contributed by atoms with van der Waals surface area (Å²) in [5.74, 6) is 0. The van der Waals surface area contributed by atoms with Crippen LogP contribution in [0.5, 0.6) is 0 Å². The number of benzene rings is 1. The molecule has 3 nitrogen and oxygen atoms in total. The van der Waals surface area contributed by atoms with Crippen molar-refractivity contribution < 1.29 is 0 Å². The first kappa shape index (κ1) is 17.5. The summed E-state index contributed by atoms with van der Waals surface area (Å²) in [4.78, 5) is 4.96. The van der Waals surface area contributed by atoms with Gasteiger partial charge in [0.1, 0.15) is 0 Å². The van der Waals surface area contributed by atoms with Gasteiger partial charge in [-0.05, 0) is 82.5 Å². The molecule has 0 spiro atoms.